The summed E-state index contributed by atoms with van der Waals surface area (Å²) >= 11 is 0. The number of methoxy groups -OCH3 is 1. The third kappa shape index (κ3) is 2.04. The Morgan fingerprint density at radius 1 is 1.60 bits per heavy atom. The third-order valence-electron chi connectivity index (χ3n) is 2.46. The van der Waals surface area contributed by atoms with Crippen LogP contribution >= 0.6 is 0 Å². The highest BCUT2D eigenvalue weighted by Crippen LogP contribution is 2.32. The van der Waals surface area contributed by atoms with Gasteiger partial charge < -0.3 is 14.4 Å². The van der Waals surface area contributed by atoms with Crippen LogP contribution in [0.25, 0.3) is 0 Å². The topological polar surface area (TPSA) is 21.7 Å². The Kier molecular flexibility index (Phi) is 2.77. The standard InChI is InChI=1S/C11H14FNO2/c1-13-6-9(7-14-2)15-11-5-8(12)3-4-10(11)13/h3-5,9H,6-7H2,1-2H3/t9-/m1/s1. The first kappa shape index (κ1) is 10.2. The summed E-state index contributed by atoms with van der Waals surface area (Å²) in [5.74, 6) is 0.311. The van der Waals surface area contributed by atoms with E-state index in [2.05, 4.69) is 0 Å². The molecule has 0 amide bonds. The Labute approximate surface area is 88.4 Å². The van der Waals surface area contributed by atoms with Crippen molar-refractivity contribution in [2.24, 2.45) is 0 Å². The van der Waals surface area contributed by atoms with Gasteiger partial charge in [0, 0.05) is 20.2 Å². The molecule has 0 saturated heterocycles. The number of hydrogen-bond donors (Lipinski definition) is 0. The van der Waals surface area contributed by atoms with Gasteiger partial charge >= 0.3 is 0 Å². The molecule has 0 bridgehead atoms. The minimum absolute atomic E-state index is 0.0331. The quantitative estimate of drug-likeness (QED) is 0.742. The summed E-state index contributed by atoms with van der Waals surface area (Å²) in [6.07, 6.45) is -0.0331. The molecule has 1 aromatic rings. The van der Waals surface area contributed by atoms with Crippen molar-refractivity contribution in [3.8, 4) is 5.75 Å². The molecule has 0 saturated carbocycles. The van der Waals surface area contributed by atoms with Crippen molar-refractivity contribution in [1.82, 2.24) is 0 Å². The number of likely N-dealkylation sites (N-methyl/N-ethyl adjacent to an activating group) is 1. The van der Waals surface area contributed by atoms with Gasteiger partial charge in [-0.1, -0.05) is 0 Å². The summed E-state index contributed by atoms with van der Waals surface area (Å²) in [4.78, 5) is 2.04. The molecule has 0 radical (unpaired) electrons. The summed E-state index contributed by atoms with van der Waals surface area (Å²) in [5, 5.41) is 0. The highest BCUT2D eigenvalue weighted by molar-refractivity contribution is 5.59. The predicted octanol–water partition coefficient (Wildman–Crippen LogP) is 1.67. The van der Waals surface area contributed by atoms with Crippen molar-refractivity contribution in [3.63, 3.8) is 0 Å². The Morgan fingerprint density at radius 2 is 2.40 bits per heavy atom. The second kappa shape index (κ2) is 4.06. The van der Waals surface area contributed by atoms with Gasteiger partial charge in [-0.2, -0.15) is 0 Å². The van der Waals surface area contributed by atoms with Crippen molar-refractivity contribution in [3.05, 3.63) is 24.0 Å². The van der Waals surface area contributed by atoms with E-state index < -0.39 is 0 Å². The zero-order chi connectivity index (χ0) is 10.8. The van der Waals surface area contributed by atoms with Crippen LogP contribution in [0.3, 0.4) is 0 Å². The fraction of sp³-hybridized carbons (Fsp3) is 0.455. The van der Waals surface area contributed by atoms with E-state index in [9.17, 15) is 4.39 Å². The molecular formula is C11H14FNO2. The number of hydrogen-bond acceptors (Lipinski definition) is 3. The van der Waals surface area contributed by atoms with Crippen molar-refractivity contribution in [2.45, 2.75) is 6.10 Å². The van der Waals surface area contributed by atoms with Crippen molar-refractivity contribution >= 4 is 5.69 Å². The summed E-state index contributed by atoms with van der Waals surface area (Å²) in [6.45, 7) is 1.27. The molecule has 0 aliphatic carbocycles. The van der Waals surface area contributed by atoms with Gasteiger partial charge in [0.1, 0.15) is 17.7 Å². The molecule has 0 unspecified atom stereocenters. The van der Waals surface area contributed by atoms with Crippen molar-refractivity contribution in [2.75, 3.05) is 32.2 Å². The van der Waals surface area contributed by atoms with Gasteiger partial charge in [0.25, 0.3) is 0 Å². The number of anilines is 1. The minimum atomic E-state index is -0.278. The average Bonchev–Trinajstić information content (AvgIpc) is 2.17. The largest absolute Gasteiger partial charge is 0.484 e. The maximum absolute atomic E-state index is 13.0. The molecule has 82 valence electrons. The van der Waals surface area contributed by atoms with Gasteiger partial charge in [-0.3, -0.25) is 0 Å². The zero-order valence-corrected chi connectivity index (χ0v) is 8.87. The Hall–Kier alpha value is -1.29. The molecule has 1 aliphatic heterocycles. The molecular weight excluding hydrogens is 197 g/mol. The summed E-state index contributed by atoms with van der Waals surface area (Å²) in [6, 6.07) is 4.58. The molecule has 1 atom stereocenters. The first-order valence-electron chi connectivity index (χ1n) is 4.87. The summed E-state index contributed by atoms with van der Waals surface area (Å²) in [7, 11) is 3.59. The monoisotopic (exact) mass is 211 g/mol. The molecule has 0 spiro atoms. The number of rotatable bonds is 2. The SMILES string of the molecule is COC[C@H]1CN(C)c2ccc(F)cc2O1. The van der Waals surface area contributed by atoms with E-state index in [1.54, 1.807) is 13.2 Å². The molecule has 1 aromatic carbocycles. The lowest BCUT2D eigenvalue weighted by Crippen LogP contribution is -2.40. The molecule has 4 heteroatoms. The van der Waals surface area contributed by atoms with Crippen LogP contribution in [0.4, 0.5) is 10.1 Å². The number of fused-ring (bicyclic) bond motifs is 1. The van der Waals surface area contributed by atoms with Gasteiger partial charge in [0.05, 0.1) is 18.8 Å². The maximum atomic E-state index is 13.0. The fourth-order valence-electron chi connectivity index (χ4n) is 1.79. The normalized spacial score (nSPS) is 19.7. The lowest BCUT2D eigenvalue weighted by atomic mass is 10.2. The first-order chi connectivity index (χ1) is 7.20. The fourth-order valence-corrected chi connectivity index (χ4v) is 1.79. The molecule has 1 aliphatic rings. The van der Waals surface area contributed by atoms with Crippen LogP contribution in [0.1, 0.15) is 0 Å². The van der Waals surface area contributed by atoms with Crippen LogP contribution in [0.15, 0.2) is 18.2 Å². The molecule has 0 fully saturated rings. The van der Waals surface area contributed by atoms with Crippen LogP contribution in [0.2, 0.25) is 0 Å². The van der Waals surface area contributed by atoms with Crippen LogP contribution in [0, 0.1) is 5.82 Å². The van der Waals surface area contributed by atoms with Crippen LogP contribution in [0.5, 0.6) is 5.75 Å². The van der Waals surface area contributed by atoms with Crippen LogP contribution in [-0.4, -0.2) is 33.4 Å². The molecule has 2 rings (SSSR count). The van der Waals surface area contributed by atoms with Gasteiger partial charge in [-0.25, -0.2) is 4.39 Å². The second-order valence-electron chi connectivity index (χ2n) is 3.69. The van der Waals surface area contributed by atoms with E-state index in [1.807, 2.05) is 11.9 Å². The van der Waals surface area contributed by atoms with E-state index in [-0.39, 0.29) is 11.9 Å². The molecule has 1 heterocycles. The Morgan fingerprint density at radius 3 is 3.13 bits per heavy atom. The minimum Gasteiger partial charge on any atom is -0.484 e. The lowest BCUT2D eigenvalue weighted by molar-refractivity contribution is 0.0799. The van der Waals surface area contributed by atoms with Gasteiger partial charge in [-0.05, 0) is 12.1 Å². The number of halogens is 1. The predicted molar refractivity (Wildman–Crippen MR) is 56.0 cm³/mol. The van der Waals surface area contributed by atoms with Crippen molar-refractivity contribution < 1.29 is 13.9 Å². The van der Waals surface area contributed by atoms with E-state index in [0.717, 1.165) is 12.2 Å². The number of ether oxygens (including phenoxy) is 2. The van der Waals surface area contributed by atoms with Crippen LogP contribution < -0.4 is 9.64 Å². The first-order valence-corrected chi connectivity index (χ1v) is 4.87. The Balaban J connectivity index is 2.25. The lowest BCUT2D eigenvalue weighted by Gasteiger charge is -2.33. The summed E-state index contributed by atoms with van der Waals surface area (Å²) < 4.78 is 23.7. The molecule has 15 heavy (non-hydrogen) atoms. The van der Waals surface area contributed by atoms with Crippen LogP contribution in [-0.2, 0) is 4.74 Å². The van der Waals surface area contributed by atoms with E-state index >= 15 is 0 Å². The second-order valence-corrected chi connectivity index (χ2v) is 3.69. The van der Waals surface area contributed by atoms with Gasteiger partial charge in [0.15, 0.2) is 0 Å². The molecule has 3 nitrogen and oxygen atoms in total. The Bertz CT molecular complexity index is 356. The van der Waals surface area contributed by atoms with Gasteiger partial charge in [0.2, 0.25) is 0 Å². The average molecular weight is 211 g/mol. The molecule has 0 N–H and O–H groups in total. The van der Waals surface area contributed by atoms with E-state index in [4.69, 9.17) is 9.47 Å². The number of nitrogens with zero attached hydrogens (tertiary/aromatic N) is 1. The third-order valence-corrected chi connectivity index (χ3v) is 2.46. The molecule has 0 aromatic heterocycles. The van der Waals surface area contributed by atoms with Gasteiger partial charge in [-0.15, -0.1) is 0 Å². The zero-order valence-electron chi connectivity index (χ0n) is 8.87. The van der Waals surface area contributed by atoms with Crippen molar-refractivity contribution in [1.29, 1.82) is 0 Å². The number of benzene rings is 1. The highest BCUT2D eigenvalue weighted by Gasteiger charge is 2.23. The van der Waals surface area contributed by atoms with E-state index in [1.165, 1.54) is 12.1 Å². The highest BCUT2D eigenvalue weighted by atomic mass is 19.1. The smallest absolute Gasteiger partial charge is 0.146 e. The summed E-state index contributed by atoms with van der Waals surface area (Å²) in [5.41, 5.74) is 0.920. The maximum Gasteiger partial charge on any atom is 0.146 e. The van der Waals surface area contributed by atoms with E-state index in [0.29, 0.717) is 12.4 Å².